The molecule has 0 unspecified atom stereocenters. The van der Waals surface area contributed by atoms with Crippen LogP contribution in [0.5, 0.6) is 11.6 Å². The molecule has 132 valence electrons. The SMILES string of the molecule is COc1cccc([C@@H](c2sc3ncnn3c2O)N2CCC[C@@H](C)C2)c1. The highest BCUT2D eigenvalue weighted by molar-refractivity contribution is 7.17. The zero-order valence-electron chi connectivity index (χ0n) is 14.4. The van der Waals surface area contributed by atoms with Crippen LogP contribution in [0.4, 0.5) is 0 Å². The summed E-state index contributed by atoms with van der Waals surface area (Å²) < 4.78 is 6.93. The maximum absolute atomic E-state index is 10.7. The average Bonchev–Trinajstić information content (AvgIpc) is 3.19. The summed E-state index contributed by atoms with van der Waals surface area (Å²) in [7, 11) is 1.68. The topological polar surface area (TPSA) is 62.9 Å². The van der Waals surface area contributed by atoms with Gasteiger partial charge in [-0.25, -0.2) is 4.98 Å². The molecule has 2 atom stereocenters. The van der Waals surface area contributed by atoms with Crippen LogP contribution in [0.25, 0.3) is 4.96 Å². The lowest BCUT2D eigenvalue weighted by atomic mass is 9.95. The number of rotatable bonds is 4. The Hall–Kier alpha value is -2.12. The van der Waals surface area contributed by atoms with Gasteiger partial charge in [0, 0.05) is 6.54 Å². The molecule has 0 radical (unpaired) electrons. The molecule has 2 aromatic heterocycles. The lowest BCUT2D eigenvalue weighted by Gasteiger charge is -2.37. The second-order valence-corrected chi connectivity index (χ2v) is 7.67. The first kappa shape index (κ1) is 16.4. The van der Waals surface area contributed by atoms with Crippen molar-refractivity contribution in [1.29, 1.82) is 0 Å². The van der Waals surface area contributed by atoms with Crippen molar-refractivity contribution in [2.45, 2.75) is 25.8 Å². The van der Waals surface area contributed by atoms with Crippen molar-refractivity contribution in [2.24, 2.45) is 5.92 Å². The molecule has 0 aliphatic carbocycles. The number of aromatic nitrogens is 3. The van der Waals surface area contributed by atoms with E-state index in [0.29, 0.717) is 10.9 Å². The van der Waals surface area contributed by atoms with Crippen LogP contribution in [0.15, 0.2) is 30.6 Å². The van der Waals surface area contributed by atoms with Crippen LogP contribution in [-0.4, -0.2) is 44.8 Å². The summed E-state index contributed by atoms with van der Waals surface area (Å²) in [5, 5.41) is 14.9. The fourth-order valence-electron chi connectivity index (χ4n) is 3.67. The van der Waals surface area contributed by atoms with E-state index in [1.165, 1.54) is 35.0 Å². The van der Waals surface area contributed by atoms with Crippen molar-refractivity contribution >= 4 is 16.3 Å². The number of likely N-dealkylation sites (tertiary alicyclic amines) is 1. The lowest BCUT2D eigenvalue weighted by molar-refractivity contribution is 0.149. The Morgan fingerprint density at radius 3 is 3.04 bits per heavy atom. The van der Waals surface area contributed by atoms with E-state index in [-0.39, 0.29) is 11.9 Å². The van der Waals surface area contributed by atoms with Gasteiger partial charge in [-0.05, 0) is 43.0 Å². The second-order valence-electron chi connectivity index (χ2n) is 6.67. The Morgan fingerprint density at radius 1 is 1.40 bits per heavy atom. The van der Waals surface area contributed by atoms with E-state index in [0.717, 1.165) is 29.3 Å². The number of nitrogens with zero attached hydrogens (tertiary/aromatic N) is 4. The van der Waals surface area contributed by atoms with Gasteiger partial charge in [-0.15, -0.1) is 0 Å². The average molecular weight is 358 g/mol. The molecule has 6 nitrogen and oxygen atoms in total. The fraction of sp³-hybridized carbons (Fsp3) is 0.444. The number of fused-ring (bicyclic) bond motifs is 1. The molecule has 1 fully saturated rings. The molecule has 4 rings (SSSR count). The van der Waals surface area contributed by atoms with Gasteiger partial charge in [-0.3, -0.25) is 4.90 Å². The summed E-state index contributed by atoms with van der Waals surface area (Å²) >= 11 is 1.50. The smallest absolute Gasteiger partial charge is 0.230 e. The minimum atomic E-state index is -0.0219. The predicted octanol–water partition coefficient (Wildman–Crippen LogP) is 3.33. The van der Waals surface area contributed by atoms with Gasteiger partial charge < -0.3 is 9.84 Å². The van der Waals surface area contributed by atoms with Crippen LogP contribution < -0.4 is 4.74 Å². The first-order valence-corrected chi connectivity index (χ1v) is 9.38. The molecule has 1 aliphatic rings. The second kappa shape index (κ2) is 6.65. The summed E-state index contributed by atoms with van der Waals surface area (Å²) in [6, 6.07) is 8.08. The first-order chi connectivity index (χ1) is 12.2. The standard InChI is InChI=1S/C18H22N4O2S/c1-12-5-4-8-21(10-12)15(13-6-3-7-14(9-13)24-2)16-17(23)22-18(25-16)19-11-20-22/h3,6-7,9,11-12,15,23H,4-5,8,10H2,1-2H3/t12-,15+/m1/s1. The van der Waals surface area contributed by atoms with Crippen molar-refractivity contribution in [2.75, 3.05) is 20.2 Å². The van der Waals surface area contributed by atoms with Crippen LogP contribution >= 0.6 is 11.3 Å². The number of piperidine rings is 1. The van der Waals surface area contributed by atoms with Gasteiger partial charge in [0.25, 0.3) is 0 Å². The van der Waals surface area contributed by atoms with E-state index in [4.69, 9.17) is 4.74 Å². The van der Waals surface area contributed by atoms with Gasteiger partial charge in [-0.2, -0.15) is 9.61 Å². The van der Waals surface area contributed by atoms with Crippen LogP contribution in [-0.2, 0) is 0 Å². The number of thiazole rings is 1. The zero-order chi connectivity index (χ0) is 17.4. The normalized spacial score (nSPS) is 20.0. The van der Waals surface area contributed by atoms with E-state index < -0.39 is 0 Å². The van der Waals surface area contributed by atoms with Crippen molar-refractivity contribution in [3.05, 3.63) is 41.0 Å². The maximum Gasteiger partial charge on any atom is 0.230 e. The summed E-state index contributed by atoms with van der Waals surface area (Å²) in [5.74, 6) is 1.65. The molecule has 3 heterocycles. The predicted molar refractivity (Wildman–Crippen MR) is 97.3 cm³/mol. The van der Waals surface area contributed by atoms with E-state index in [9.17, 15) is 5.11 Å². The Balaban J connectivity index is 1.82. The minimum absolute atomic E-state index is 0.0219. The summed E-state index contributed by atoms with van der Waals surface area (Å²) in [6.45, 7) is 4.31. The van der Waals surface area contributed by atoms with Gasteiger partial charge in [0.15, 0.2) is 0 Å². The van der Waals surface area contributed by atoms with Gasteiger partial charge >= 0.3 is 0 Å². The number of benzene rings is 1. The number of hydrogen-bond acceptors (Lipinski definition) is 6. The Morgan fingerprint density at radius 2 is 2.28 bits per heavy atom. The molecule has 1 aromatic carbocycles. The molecule has 3 aromatic rings. The lowest BCUT2D eigenvalue weighted by Crippen LogP contribution is -2.37. The Kier molecular flexibility index (Phi) is 4.35. The van der Waals surface area contributed by atoms with Gasteiger partial charge in [-0.1, -0.05) is 30.4 Å². The molecule has 1 saturated heterocycles. The van der Waals surface area contributed by atoms with E-state index in [2.05, 4.69) is 34.0 Å². The third-order valence-corrected chi connectivity index (χ3v) is 5.94. The van der Waals surface area contributed by atoms with E-state index in [1.807, 2.05) is 12.1 Å². The van der Waals surface area contributed by atoms with Crippen molar-refractivity contribution in [3.8, 4) is 11.6 Å². The van der Waals surface area contributed by atoms with Gasteiger partial charge in [0.05, 0.1) is 18.0 Å². The highest BCUT2D eigenvalue weighted by Gasteiger charge is 2.31. The van der Waals surface area contributed by atoms with Crippen LogP contribution in [0.3, 0.4) is 0 Å². The van der Waals surface area contributed by atoms with Gasteiger partial charge in [0.2, 0.25) is 10.8 Å². The number of aromatic hydroxyl groups is 1. The zero-order valence-corrected chi connectivity index (χ0v) is 15.2. The van der Waals surface area contributed by atoms with Gasteiger partial charge in [0.1, 0.15) is 12.1 Å². The number of hydrogen-bond donors (Lipinski definition) is 1. The largest absolute Gasteiger partial charge is 0.497 e. The summed E-state index contributed by atoms with van der Waals surface area (Å²) in [4.78, 5) is 8.29. The molecular formula is C18H22N4O2S. The molecule has 1 N–H and O–H groups in total. The molecule has 0 bridgehead atoms. The van der Waals surface area contributed by atoms with Crippen LogP contribution in [0, 0.1) is 5.92 Å². The third kappa shape index (κ3) is 2.98. The fourth-order valence-corrected chi connectivity index (χ4v) is 4.76. The highest BCUT2D eigenvalue weighted by atomic mass is 32.1. The Bertz CT molecular complexity index is 875. The molecular weight excluding hydrogens is 336 g/mol. The number of ether oxygens (including phenoxy) is 1. The number of methoxy groups -OCH3 is 1. The van der Waals surface area contributed by atoms with Crippen molar-refractivity contribution < 1.29 is 9.84 Å². The van der Waals surface area contributed by atoms with E-state index >= 15 is 0 Å². The Labute approximate surface area is 150 Å². The summed E-state index contributed by atoms with van der Waals surface area (Å²) in [6.07, 6.45) is 3.89. The van der Waals surface area contributed by atoms with Crippen molar-refractivity contribution in [3.63, 3.8) is 0 Å². The molecule has 25 heavy (non-hydrogen) atoms. The third-order valence-electron chi connectivity index (χ3n) is 4.85. The molecule has 0 spiro atoms. The molecule has 7 heteroatoms. The quantitative estimate of drug-likeness (QED) is 0.775. The van der Waals surface area contributed by atoms with Crippen LogP contribution in [0.1, 0.15) is 36.2 Å². The first-order valence-electron chi connectivity index (χ1n) is 8.56. The molecule has 1 aliphatic heterocycles. The minimum Gasteiger partial charge on any atom is -0.497 e. The maximum atomic E-state index is 10.7. The monoisotopic (exact) mass is 358 g/mol. The molecule has 0 amide bonds. The van der Waals surface area contributed by atoms with Crippen LogP contribution in [0.2, 0.25) is 0 Å². The van der Waals surface area contributed by atoms with E-state index in [1.54, 1.807) is 7.11 Å². The van der Waals surface area contributed by atoms with Crippen molar-refractivity contribution in [1.82, 2.24) is 19.5 Å². The molecule has 0 saturated carbocycles. The highest BCUT2D eigenvalue weighted by Crippen LogP contribution is 2.41. The summed E-state index contributed by atoms with van der Waals surface area (Å²) in [5.41, 5.74) is 1.12.